The molecule has 1 atom stereocenters. The van der Waals surface area contributed by atoms with E-state index in [-0.39, 0.29) is 29.7 Å². The van der Waals surface area contributed by atoms with Gasteiger partial charge in [0.1, 0.15) is 0 Å². The molecular weight excluding hydrogens is 338 g/mol. The zero-order valence-electron chi connectivity index (χ0n) is 14.3. The first-order chi connectivity index (χ1) is 11.9. The van der Waals surface area contributed by atoms with Crippen LogP contribution in [0.25, 0.3) is 0 Å². The summed E-state index contributed by atoms with van der Waals surface area (Å²) < 4.78 is 1.63. The summed E-state index contributed by atoms with van der Waals surface area (Å²) in [4.78, 5) is 40.5. The van der Waals surface area contributed by atoms with Crippen LogP contribution in [0.4, 0.5) is 5.69 Å². The molecule has 1 aromatic heterocycles. The number of rotatable bonds is 4. The maximum absolute atomic E-state index is 12.5. The van der Waals surface area contributed by atoms with E-state index in [0.29, 0.717) is 27.7 Å². The van der Waals surface area contributed by atoms with Crippen molar-refractivity contribution in [2.75, 3.05) is 11.1 Å². The Hall–Kier alpha value is -2.41. The lowest BCUT2D eigenvalue weighted by atomic mass is 10.1. The van der Waals surface area contributed by atoms with Crippen molar-refractivity contribution in [1.29, 1.82) is 0 Å². The Morgan fingerprint density at radius 2 is 1.96 bits per heavy atom. The zero-order valence-corrected chi connectivity index (χ0v) is 15.1. The number of carbonyl (C=O) groups excluding carboxylic acids is 2. The van der Waals surface area contributed by atoms with Crippen molar-refractivity contribution in [3.05, 3.63) is 51.4 Å². The number of nitrogens with zero attached hydrogens (tertiary/aromatic N) is 2. The summed E-state index contributed by atoms with van der Waals surface area (Å²) in [6.45, 7) is 5.08. The summed E-state index contributed by atoms with van der Waals surface area (Å²) in [6, 6.07) is 6.56. The summed E-state index contributed by atoms with van der Waals surface area (Å²) in [7, 11) is 0. The van der Waals surface area contributed by atoms with Crippen molar-refractivity contribution in [1.82, 2.24) is 9.55 Å². The summed E-state index contributed by atoms with van der Waals surface area (Å²) >= 11 is 1.50. The smallest absolute Gasteiger partial charge is 0.257 e. The molecule has 1 aliphatic rings. The second-order valence-electron chi connectivity index (χ2n) is 6.13. The SMILES string of the molecule is CC(=O)c1ccc(NC(=O)CC2CSc3nc(C)c(C)c(=O)n32)cc1. The number of thioether (sulfide) groups is 1. The molecule has 25 heavy (non-hydrogen) atoms. The minimum atomic E-state index is -0.198. The van der Waals surface area contributed by atoms with Gasteiger partial charge >= 0.3 is 0 Å². The molecule has 1 aliphatic heterocycles. The third-order valence-corrected chi connectivity index (χ3v) is 5.42. The molecule has 0 spiro atoms. The summed E-state index contributed by atoms with van der Waals surface area (Å²) in [5, 5.41) is 3.49. The van der Waals surface area contributed by atoms with Crippen LogP contribution in [0, 0.1) is 13.8 Å². The molecule has 0 radical (unpaired) electrons. The highest BCUT2D eigenvalue weighted by molar-refractivity contribution is 7.99. The van der Waals surface area contributed by atoms with Gasteiger partial charge in [-0.3, -0.25) is 19.0 Å². The third-order valence-electron chi connectivity index (χ3n) is 4.32. The Bertz CT molecular complexity index is 903. The summed E-state index contributed by atoms with van der Waals surface area (Å²) in [5.74, 6) is 0.469. The van der Waals surface area contributed by atoms with Gasteiger partial charge < -0.3 is 5.32 Å². The van der Waals surface area contributed by atoms with Gasteiger partial charge in [0.15, 0.2) is 10.9 Å². The number of nitrogens with one attached hydrogen (secondary N) is 1. The lowest BCUT2D eigenvalue weighted by Gasteiger charge is -2.14. The van der Waals surface area contributed by atoms with Gasteiger partial charge in [0.2, 0.25) is 5.91 Å². The largest absolute Gasteiger partial charge is 0.326 e. The molecule has 2 aromatic rings. The number of hydrogen-bond acceptors (Lipinski definition) is 5. The third kappa shape index (κ3) is 3.51. The molecule has 0 saturated carbocycles. The minimum absolute atomic E-state index is 0.0185. The van der Waals surface area contributed by atoms with E-state index < -0.39 is 0 Å². The number of hydrogen-bond donors (Lipinski definition) is 1. The normalized spacial score (nSPS) is 15.7. The second kappa shape index (κ2) is 6.84. The van der Waals surface area contributed by atoms with Gasteiger partial charge in [0, 0.05) is 34.7 Å². The Labute approximate surface area is 149 Å². The molecular formula is C18H19N3O3S. The number of fused-ring (bicyclic) bond motifs is 1. The zero-order chi connectivity index (χ0) is 18.1. The number of carbonyl (C=O) groups is 2. The van der Waals surface area contributed by atoms with Gasteiger partial charge in [-0.15, -0.1) is 0 Å². The van der Waals surface area contributed by atoms with Crippen LogP contribution >= 0.6 is 11.8 Å². The maximum Gasteiger partial charge on any atom is 0.257 e. The Morgan fingerprint density at radius 1 is 1.28 bits per heavy atom. The molecule has 1 N–H and O–H groups in total. The van der Waals surface area contributed by atoms with E-state index in [4.69, 9.17) is 0 Å². The van der Waals surface area contributed by atoms with Crippen molar-refractivity contribution in [3.8, 4) is 0 Å². The molecule has 0 fully saturated rings. The predicted octanol–water partition coefficient (Wildman–Crippen LogP) is 2.74. The molecule has 0 bridgehead atoms. The lowest BCUT2D eigenvalue weighted by molar-refractivity contribution is -0.116. The van der Waals surface area contributed by atoms with Crippen LogP contribution < -0.4 is 10.9 Å². The number of anilines is 1. The lowest BCUT2D eigenvalue weighted by Crippen LogP contribution is -2.29. The van der Waals surface area contributed by atoms with Crippen LogP contribution in [-0.4, -0.2) is 27.0 Å². The molecule has 130 valence electrons. The summed E-state index contributed by atoms with van der Waals surface area (Å²) in [5.41, 5.74) is 2.51. The molecule has 2 heterocycles. The minimum Gasteiger partial charge on any atom is -0.326 e. The molecule has 1 unspecified atom stereocenters. The van der Waals surface area contributed by atoms with Gasteiger partial charge in [0.05, 0.1) is 6.04 Å². The Kier molecular flexibility index (Phi) is 4.76. The van der Waals surface area contributed by atoms with Crippen molar-refractivity contribution in [2.24, 2.45) is 0 Å². The highest BCUT2D eigenvalue weighted by Gasteiger charge is 2.28. The van der Waals surface area contributed by atoms with E-state index in [9.17, 15) is 14.4 Å². The highest BCUT2D eigenvalue weighted by atomic mass is 32.2. The van der Waals surface area contributed by atoms with E-state index in [0.717, 1.165) is 5.69 Å². The fraction of sp³-hybridized carbons (Fsp3) is 0.333. The number of ketones is 1. The fourth-order valence-corrected chi connectivity index (χ4v) is 3.92. The molecule has 1 aromatic carbocycles. The number of aromatic nitrogens is 2. The van der Waals surface area contributed by atoms with E-state index in [2.05, 4.69) is 10.3 Å². The van der Waals surface area contributed by atoms with Gasteiger partial charge in [-0.25, -0.2) is 4.98 Å². The highest BCUT2D eigenvalue weighted by Crippen LogP contribution is 2.32. The quantitative estimate of drug-likeness (QED) is 0.672. The van der Waals surface area contributed by atoms with Crippen LogP contribution in [0.3, 0.4) is 0 Å². The summed E-state index contributed by atoms with van der Waals surface area (Å²) in [6.07, 6.45) is 0.207. The average Bonchev–Trinajstić information content (AvgIpc) is 2.95. The van der Waals surface area contributed by atoms with Gasteiger partial charge in [-0.2, -0.15) is 0 Å². The molecule has 1 amide bonds. The Morgan fingerprint density at radius 3 is 2.60 bits per heavy atom. The number of benzene rings is 1. The van der Waals surface area contributed by atoms with Crippen LogP contribution in [0.1, 0.15) is 41.0 Å². The van der Waals surface area contributed by atoms with Crippen molar-refractivity contribution < 1.29 is 9.59 Å². The van der Waals surface area contributed by atoms with Crippen LogP contribution in [0.15, 0.2) is 34.2 Å². The van der Waals surface area contributed by atoms with E-state index >= 15 is 0 Å². The van der Waals surface area contributed by atoms with Crippen molar-refractivity contribution >= 4 is 29.1 Å². The number of Topliss-reactive ketones (excluding diaryl/α,β-unsaturated/α-hetero) is 1. The van der Waals surface area contributed by atoms with Crippen LogP contribution in [0.2, 0.25) is 0 Å². The Balaban J connectivity index is 1.72. The molecule has 0 saturated heterocycles. The first kappa shape index (κ1) is 17.4. The van der Waals surface area contributed by atoms with Crippen molar-refractivity contribution in [3.63, 3.8) is 0 Å². The van der Waals surface area contributed by atoms with E-state index in [1.807, 2.05) is 6.92 Å². The monoisotopic (exact) mass is 357 g/mol. The number of amides is 1. The molecule has 7 heteroatoms. The van der Waals surface area contributed by atoms with Crippen LogP contribution in [0.5, 0.6) is 0 Å². The first-order valence-electron chi connectivity index (χ1n) is 8.00. The van der Waals surface area contributed by atoms with Crippen molar-refractivity contribution in [2.45, 2.75) is 38.4 Å². The molecule has 6 nitrogen and oxygen atoms in total. The van der Waals surface area contributed by atoms with Gasteiger partial charge in [0.25, 0.3) is 5.56 Å². The predicted molar refractivity (Wildman–Crippen MR) is 97.4 cm³/mol. The molecule has 0 aliphatic carbocycles. The average molecular weight is 357 g/mol. The van der Waals surface area contributed by atoms with E-state index in [1.54, 1.807) is 35.8 Å². The van der Waals surface area contributed by atoms with Gasteiger partial charge in [-0.05, 0) is 45.0 Å². The standard InChI is InChI=1S/C18H19N3O3S/c1-10-11(2)19-18-21(17(10)24)15(9-25-18)8-16(23)20-14-6-4-13(5-7-14)12(3)22/h4-7,15H,8-9H2,1-3H3,(H,20,23). The van der Waals surface area contributed by atoms with Gasteiger partial charge in [-0.1, -0.05) is 11.8 Å². The van der Waals surface area contributed by atoms with E-state index in [1.165, 1.54) is 18.7 Å². The second-order valence-corrected chi connectivity index (χ2v) is 7.12. The fourth-order valence-electron chi connectivity index (χ4n) is 2.74. The topological polar surface area (TPSA) is 81.1 Å². The number of aryl methyl sites for hydroxylation is 1. The van der Waals surface area contributed by atoms with Crippen LogP contribution in [-0.2, 0) is 4.79 Å². The molecule has 3 rings (SSSR count). The maximum atomic E-state index is 12.5. The first-order valence-corrected chi connectivity index (χ1v) is 8.98.